The molecule has 0 saturated carbocycles. The highest BCUT2D eigenvalue weighted by Gasteiger charge is 2.46. The smallest absolute Gasteiger partial charge is 0.339 e. The second-order valence-corrected chi connectivity index (χ2v) is 5.29. The molecule has 9 heteroatoms. The molecule has 1 aromatic carbocycles. The van der Waals surface area contributed by atoms with Gasteiger partial charge >= 0.3 is 17.8 Å². The Morgan fingerprint density at radius 3 is 2.41 bits per heavy atom. The van der Waals surface area contributed by atoms with Crippen molar-refractivity contribution in [3.05, 3.63) is 18.2 Å². The Hall–Kier alpha value is -3.54. The first-order valence-electron chi connectivity index (χ1n) is 8.24. The van der Waals surface area contributed by atoms with Crippen LogP contribution in [0.1, 0.15) is 13.8 Å². The molecule has 0 spiro atoms. The number of hydrogen-bond donors (Lipinski definition) is 1. The monoisotopic (exact) mass is 373 g/mol. The summed E-state index contributed by atoms with van der Waals surface area (Å²) in [7, 11) is 0. The molecule has 0 bridgehead atoms. The van der Waals surface area contributed by atoms with Crippen LogP contribution in [0.15, 0.2) is 18.2 Å². The Morgan fingerprint density at radius 2 is 1.78 bits per heavy atom. The van der Waals surface area contributed by atoms with Gasteiger partial charge in [-0.15, -0.1) is 6.42 Å². The minimum absolute atomic E-state index is 0.0523. The number of terminal acetylenes is 1. The van der Waals surface area contributed by atoms with Crippen LogP contribution < -0.4 is 19.7 Å². The molecule has 1 fully saturated rings. The molecule has 0 aliphatic carbocycles. The maximum Gasteiger partial charge on any atom is 0.339 e. The summed E-state index contributed by atoms with van der Waals surface area (Å²) < 4.78 is 10.9. The van der Waals surface area contributed by atoms with Crippen molar-refractivity contribution >= 4 is 29.4 Å². The second-order valence-electron chi connectivity index (χ2n) is 5.29. The first kappa shape index (κ1) is 19.8. The third kappa shape index (κ3) is 4.17. The van der Waals surface area contributed by atoms with Crippen LogP contribution in [0.3, 0.4) is 0 Å². The normalized spacial score (nSPS) is 13.6. The summed E-state index contributed by atoms with van der Waals surface area (Å²) in [5.74, 6) is 0.171. The van der Waals surface area contributed by atoms with Gasteiger partial charge in [-0.25, -0.2) is 14.6 Å². The molecule has 0 aromatic heterocycles. The lowest BCUT2D eigenvalue weighted by Gasteiger charge is -2.17. The van der Waals surface area contributed by atoms with Crippen LogP contribution in [0.25, 0.3) is 0 Å². The molecule has 1 aromatic rings. The van der Waals surface area contributed by atoms with Crippen LogP contribution in [0.4, 0.5) is 10.5 Å². The first-order valence-corrected chi connectivity index (χ1v) is 8.24. The summed E-state index contributed by atoms with van der Waals surface area (Å²) >= 11 is 0. The third-order valence-corrected chi connectivity index (χ3v) is 3.53. The second kappa shape index (κ2) is 8.71. The van der Waals surface area contributed by atoms with E-state index in [1.165, 1.54) is 18.2 Å². The van der Waals surface area contributed by atoms with E-state index in [1.54, 1.807) is 13.8 Å². The number of carbonyl (C=O) groups excluding carboxylic acids is 4. The number of nitrogens with one attached hydrogen (secondary N) is 1. The van der Waals surface area contributed by atoms with Gasteiger partial charge in [0.15, 0.2) is 11.5 Å². The van der Waals surface area contributed by atoms with Crippen LogP contribution in [0, 0.1) is 12.3 Å². The average Bonchev–Trinajstić information content (AvgIpc) is 2.85. The molecule has 0 unspecified atom stereocenters. The topological polar surface area (TPSA) is 105 Å². The Balaban J connectivity index is 2.28. The fourth-order valence-corrected chi connectivity index (χ4v) is 2.40. The van der Waals surface area contributed by atoms with Crippen LogP contribution in [-0.2, 0) is 14.4 Å². The van der Waals surface area contributed by atoms with Crippen molar-refractivity contribution < 1.29 is 28.7 Å². The highest BCUT2D eigenvalue weighted by atomic mass is 16.5. The van der Waals surface area contributed by atoms with E-state index in [0.717, 1.165) is 0 Å². The summed E-state index contributed by atoms with van der Waals surface area (Å²) in [6, 6.07) is 3.50. The van der Waals surface area contributed by atoms with Gasteiger partial charge < -0.3 is 14.8 Å². The number of rotatable bonds is 8. The van der Waals surface area contributed by atoms with Gasteiger partial charge in [-0.05, 0) is 26.0 Å². The molecule has 1 heterocycles. The highest BCUT2D eigenvalue weighted by molar-refractivity contribution is 6.53. The van der Waals surface area contributed by atoms with Crippen molar-refractivity contribution in [2.45, 2.75) is 13.8 Å². The quantitative estimate of drug-likeness (QED) is 0.405. The zero-order valence-corrected chi connectivity index (χ0v) is 15.0. The fourth-order valence-electron chi connectivity index (χ4n) is 2.40. The Labute approximate surface area is 156 Å². The highest BCUT2D eigenvalue weighted by Crippen LogP contribution is 2.33. The SMILES string of the molecule is C#CCNC(=O)CN1C(=O)C(=O)N(c2ccc(OCC)c(OCC)c2)C1=O. The number of nitrogens with zero attached hydrogens (tertiary/aromatic N) is 2. The lowest BCUT2D eigenvalue weighted by molar-refractivity contribution is -0.140. The molecular weight excluding hydrogens is 354 g/mol. The fraction of sp³-hybridized carbons (Fsp3) is 0.333. The average molecular weight is 373 g/mol. The summed E-state index contributed by atoms with van der Waals surface area (Å²) in [6.45, 7) is 3.67. The van der Waals surface area contributed by atoms with Crippen molar-refractivity contribution in [1.29, 1.82) is 0 Å². The van der Waals surface area contributed by atoms with E-state index in [1.807, 2.05) is 0 Å². The van der Waals surface area contributed by atoms with Crippen molar-refractivity contribution in [2.75, 3.05) is 31.2 Å². The Morgan fingerprint density at radius 1 is 1.11 bits per heavy atom. The third-order valence-electron chi connectivity index (χ3n) is 3.53. The molecule has 5 amide bonds. The Kier molecular flexibility index (Phi) is 6.38. The number of hydrogen-bond acceptors (Lipinski definition) is 6. The zero-order chi connectivity index (χ0) is 20.0. The molecule has 142 valence electrons. The molecule has 27 heavy (non-hydrogen) atoms. The number of imide groups is 2. The number of carbonyl (C=O) groups is 4. The maximum atomic E-state index is 12.5. The molecule has 1 aliphatic rings. The molecule has 0 radical (unpaired) electrons. The molecular formula is C18H19N3O6. The molecule has 1 saturated heterocycles. The number of amides is 5. The molecule has 1 aliphatic heterocycles. The van der Waals surface area contributed by atoms with Crippen molar-refractivity contribution in [2.24, 2.45) is 0 Å². The van der Waals surface area contributed by atoms with E-state index in [2.05, 4.69) is 11.2 Å². The van der Waals surface area contributed by atoms with Crippen LogP contribution in [0.2, 0.25) is 0 Å². The van der Waals surface area contributed by atoms with Gasteiger partial charge in [-0.3, -0.25) is 14.4 Å². The van der Waals surface area contributed by atoms with Gasteiger partial charge in [-0.2, -0.15) is 0 Å². The van der Waals surface area contributed by atoms with E-state index in [-0.39, 0.29) is 12.2 Å². The van der Waals surface area contributed by atoms with E-state index in [9.17, 15) is 19.2 Å². The van der Waals surface area contributed by atoms with E-state index in [0.29, 0.717) is 34.5 Å². The summed E-state index contributed by atoms with van der Waals surface area (Å²) in [6.07, 6.45) is 5.04. The van der Waals surface area contributed by atoms with Gasteiger partial charge in [0, 0.05) is 6.07 Å². The van der Waals surface area contributed by atoms with Gasteiger partial charge in [-0.1, -0.05) is 5.92 Å². The largest absolute Gasteiger partial charge is 0.490 e. The summed E-state index contributed by atoms with van der Waals surface area (Å²) in [5, 5.41) is 2.33. The van der Waals surface area contributed by atoms with Crippen LogP contribution in [0.5, 0.6) is 11.5 Å². The van der Waals surface area contributed by atoms with Crippen LogP contribution >= 0.6 is 0 Å². The van der Waals surface area contributed by atoms with Crippen molar-refractivity contribution in [3.63, 3.8) is 0 Å². The van der Waals surface area contributed by atoms with Gasteiger partial charge in [0.1, 0.15) is 6.54 Å². The minimum atomic E-state index is -1.09. The van der Waals surface area contributed by atoms with E-state index < -0.39 is 30.3 Å². The van der Waals surface area contributed by atoms with Crippen LogP contribution in [-0.4, -0.2) is 55.0 Å². The Bertz CT molecular complexity index is 814. The number of benzene rings is 1. The van der Waals surface area contributed by atoms with E-state index in [4.69, 9.17) is 15.9 Å². The predicted octanol–water partition coefficient (Wildman–Crippen LogP) is 0.529. The lowest BCUT2D eigenvalue weighted by Crippen LogP contribution is -2.41. The minimum Gasteiger partial charge on any atom is -0.490 e. The maximum absolute atomic E-state index is 12.5. The molecule has 9 nitrogen and oxygen atoms in total. The standard InChI is InChI=1S/C18H19N3O6/c1-4-9-19-15(22)11-20-16(23)17(24)21(18(20)25)12-7-8-13(26-5-2)14(10-12)27-6-3/h1,7-8,10H,5-6,9,11H2,2-3H3,(H,19,22). The number of anilines is 1. The first-order chi connectivity index (χ1) is 12.9. The zero-order valence-electron chi connectivity index (χ0n) is 15.0. The molecule has 0 atom stereocenters. The van der Waals surface area contributed by atoms with Crippen molar-refractivity contribution in [1.82, 2.24) is 10.2 Å². The number of ether oxygens (including phenoxy) is 2. The van der Waals surface area contributed by atoms with Gasteiger partial charge in [0.05, 0.1) is 25.4 Å². The summed E-state index contributed by atoms with van der Waals surface area (Å²) in [4.78, 5) is 49.9. The van der Waals surface area contributed by atoms with Gasteiger partial charge in [0.2, 0.25) is 5.91 Å². The number of urea groups is 1. The molecule has 2 rings (SSSR count). The van der Waals surface area contributed by atoms with Gasteiger partial charge in [0.25, 0.3) is 0 Å². The lowest BCUT2D eigenvalue weighted by atomic mass is 10.2. The summed E-state index contributed by atoms with van der Waals surface area (Å²) in [5.41, 5.74) is 0.136. The van der Waals surface area contributed by atoms with E-state index >= 15 is 0 Å². The predicted molar refractivity (Wildman–Crippen MR) is 95.2 cm³/mol. The molecule has 1 N–H and O–H groups in total. The van der Waals surface area contributed by atoms with Crippen molar-refractivity contribution in [3.8, 4) is 23.8 Å².